The van der Waals surface area contributed by atoms with E-state index in [9.17, 15) is 0 Å². The van der Waals surface area contributed by atoms with Gasteiger partial charge >= 0.3 is 34.8 Å². The Morgan fingerprint density at radius 2 is 0.920 bits per heavy atom. The van der Waals surface area contributed by atoms with Crippen molar-refractivity contribution < 1.29 is 39.8 Å². The Bertz CT molecular complexity index is 340. The summed E-state index contributed by atoms with van der Waals surface area (Å²) in [5, 5.41) is 0. The van der Waals surface area contributed by atoms with E-state index in [2.05, 4.69) is 0 Å². The van der Waals surface area contributed by atoms with Crippen LogP contribution in [0.25, 0.3) is 0 Å². The van der Waals surface area contributed by atoms with Crippen LogP contribution in [0, 0.1) is 13.2 Å². The molecule has 0 unspecified atom stereocenters. The van der Waals surface area contributed by atoms with Crippen LogP contribution in [0.3, 0.4) is 0 Å². The topological polar surface area (TPSA) is 27.7 Å². The molecular formula is C20H37O3PZr. The minimum Gasteiger partial charge on any atom is -0.313 e. The predicted molar refractivity (Wildman–Crippen MR) is 108 cm³/mol. The maximum absolute atomic E-state index is 5.33. The van der Waals surface area contributed by atoms with Gasteiger partial charge in [0.15, 0.2) is 0 Å². The summed E-state index contributed by atoms with van der Waals surface area (Å²) < 4.78 is 15.4. The number of hydrogen-bond acceptors (Lipinski definition) is 3. The zero-order valence-electron chi connectivity index (χ0n) is 17.6. The first-order valence-corrected chi connectivity index (χ1v) is 9.36. The summed E-state index contributed by atoms with van der Waals surface area (Å²) in [7, 11) is -1.06. The minimum atomic E-state index is -1.06. The molecule has 0 fully saturated rings. The first kappa shape index (κ1) is 32.8. The summed E-state index contributed by atoms with van der Waals surface area (Å²) in [6.07, 6.45) is 3.89. The second-order valence-electron chi connectivity index (χ2n) is 5.41. The van der Waals surface area contributed by atoms with Gasteiger partial charge in [0.1, 0.15) is 0 Å². The monoisotopic (exact) mass is 446 g/mol. The van der Waals surface area contributed by atoms with E-state index in [4.69, 9.17) is 26.7 Å². The molecule has 144 valence electrons. The molecule has 0 radical (unpaired) electrons. The SMILES string of the molecule is CCOP(OCC)OCC.[CH-]=C(C)C=C(C)C.[CH-]=C(C)C=C(C)C.[Zr+2]. The molecule has 0 saturated heterocycles. The molecule has 0 heterocycles. The molecule has 0 aliphatic heterocycles. The maximum Gasteiger partial charge on any atom is 2.00 e. The first-order valence-electron chi connectivity index (χ1n) is 8.27. The normalized spacial score (nSPS) is 8.72. The predicted octanol–water partition coefficient (Wildman–Crippen LogP) is 6.98. The summed E-state index contributed by atoms with van der Waals surface area (Å²) in [5.74, 6) is 0. The average Bonchev–Trinajstić information content (AvgIpc) is 2.37. The smallest absolute Gasteiger partial charge is 0.313 e. The van der Waals surface area contributed by atoms with Crippen LogP contribution in [0.1, 0.15) is 62.3 Å². The molecule has 0 aliphatic rings. The summed E-state index contributed by atoms with van der Waals surface area (Å²) in [5.41, 5.74) is 4.25. The molecule has 5 heteroatoms. The van der Waals surface area contributed by atoms with E-state index in [0.717, 1.165) is 11.1 Å². The molecular weight excluding hydrogens is 410 g/mol. The fraction of sp³-hybridized carbons (Fsp3) is 0.600. The van der Waals surface area contributed by atoms with Crippen molar-refractivity contribution in [3.05, 3.63) is 47.6 Å². The second kappa shape index (κ2) is 24.2. The molecule has 0 saturated carbocycles. The Morgan fingerprint density at radius 1 is 0.680 bits per heavy atom. The van der Waals surface area contributed by atoms with E-state index in [-0.39, 0.29) is 26.2 Å². The second-order valence-corrected chi connectivity index (χ2v) is 6.63. The maximum atomic E-state index is 5.33. The third-order valence-electron chi connectivity index (χ3n) is 1.74. The first-order chi connectivity index (χ1) is 11.1. The van der Waals surface area contributed by atoms with Crippen molar-refractivity contribution in [3.8, 4) is 0 Å². The fourth-order valence-corrected chi connectivity index (χ4v) is 2.19. The van der Waals surface area contributed by atoms with Crippen molar-refractivity contribution in [1.82, 2.24) is 0 Å². The van der Waals surface area contributed by atoms with Crippen LogP contribution < -0.4 is 0 Å². The average molecular weight is 448 g/mol. The van der Waals surface area contributed by atoms with Crippen molar-refractivity contribution in [1.29, 1.82) is 0 Å². The Morgan fingerprint density at radius 3 is 1.00 bits per heavy atom. The van der Waals surface area contributed by atoms with Crippen LogP contribution in [-0.2, 0) is 39.8 Å². The zero-order chi connectivity index (χ0) is 19.5. The molecule has 0 aromatic carbocycles. The van der Waals surface area contributed by atoms with Gasteiger partial charge in [-0.05, 0) is 20.8 Å². The van der Waals surface area contributed by atoms with E-state index in [1.54, 1.807) is 0 Å². The summed E-state index contributed by atoms with van der Waals surface area (Å²) in [6, 6.07) is 0. The Kier molecular flexibility index (Phi) is 31.7. The molecule has 0 aliphatic carbocycles. The van der Waals surface area contributed by atoms with E-state index in [0.29, 0.717) is 19.8 Å². The van der Waals surface area contributed by atoms with Crippen molar-refractivity contribution >= 4 is 8.60 Å². The molecule has 25 heavy (non-hydrogen) atoms. The Hall–Kier alpha value is 0.153. The molecule has 0 aromatic rings. The van der Waals surface area contributed by atoms with Crippen molar-refractivity contribution in [2.45, 2.75) is 62.3 Å². The quantitative estimate of drug-likeness (QED) is 0.228. The number of rotatable bonds is 8. The summed E-state index contributed by atoms with van der Waals surface area (Å²) >= 11 is 0. The van der Waals surface area contributed by atoms with Gasteiger partial charge in [-0.15, -0.1) is 0 Å². The van der Waals surface area contributed by atoms with Crippen LogP contribution in [0.5, 0.6) is 0 Å². The van der Waals surface area contributed by atoms with E-state index < -0.39 is 8.60 Å². The van der Waals surface area contributed by atoms with Gasteiger partial charge < -0.3 is 13.6 Å². The molecule has 0 atom stereocenters. The van der Waals surface area contributed by atoms with E-state index in [1.165, 1.54) is 11.1 Å². The van der Waals surface area contributed by atoms with Crippen LogP contribution in [0.4, 0.5) is 0 Å². The van der Waals surface area contributed by atoms with Crippen molar-refractivity contribution in [2.75, 3.05) is 19.8 Å². The fourth-order valence-electron chi connectivity index (χ4n) is 1.34. The van der Waals surface area contributed by atoms with E-state index in [1.807, 2.05) is 74.5 Å². The third kappa shape index (κ3) is 40.3. The molecule has 0 aromatic heterocycles. The van der Waals surface area contributed by atoms with Crippen LogP contribution in [0.15, 0.2) is 34.4 Å². The minimum absolute atomic E-state index is 0. The molecule has 3 nitrogen and oxygen atoms in total. The van der Waals surface area contributed by atoms with Gasteiger partial charge in [-0.25, -0.2) is 23.3 Å². The Labute approximate surface area is 177 Å². The van der Waals surface area contributed by atoms with Gasteiger partial charge in [-0.1, -0.05) is 41.5 Å². The van der Waals surface area contributed by atoms with Gasteiger partial charge in [0.25, 0.3) is 0 Å². The number of hydrogen-bond donors (Lipinski definition) is 0. The van der Waals surface area contributed by atoms with Gasteiger partial charge in [-0.3, -0.25) is 13.2 Å². The molecule has 0 bridgehead atoms. The van der Waals surface area contributed by atoms with Gasteiger partial charge in [0.2, 0.25) is 0 Å². The van der Waals surface area contributed by atoms with Crippen LogP contribution in [0.2, 0.25) is 0 Å². The van der Waals surface area contributed by atoms with Crippen LogP contribution in [-0.4, -0.2) is 19.8 Å². The third-order valence-corrected chi connectivity index (χ3v) is 3.14. The standard InChI is InChI=1S/2C7H11.C6H15O3P.Zr/c2*1-6(2)5-7(3)4;1-4-7-10(8-5-2)9-6-3;/h2*1,5H,2-4H3;4-6H2,1-3H3;/q2*-1;;+2. The van der Waals surface area contributed by atoms with Crippen molar-refractivity contribution in [2.24, 2.45) is 0 Å². The van der Waals surface area contributed by atoms with Crippen LogP contribution >= 0.6 is 8.60 Å². The summed E-state index contributed by atoms with van der Waals surface area (Å²) in [4.78, 5) is 0. The van der Waals surface area contributed by atoms with Crippen molar-refractivity contribution in [3.63, 3.8) is 0 Å². The molecule has 0 amide bonds. The molecule has 0 spiro atoms. The molecule has 0 N–H and O–H groups in total. The number of allylic oxidation sites excluding steroid dienone is 6. The molecule has 0 rings (SSSR count). The largest absolute Gasteiger partial charge is 2.00 e. The van der Waals surface area contributed by atoms with Gasteiger partial charge in [0.05, 0.1) is 19.8 Å². The summed E-state index contributed by atoms with van der Waals surface area (Å²) in [6.45, 7) is 30.2. The Balaban J connectivity index is -0.000000133. The zero-order valence-corrected chi connectivity index (χ0v) is 21.0. The van der Waals surface area contributed by atoms with Gasteiger partial charge in [-0.2, -0.15) is 11.1 Å². The van der Waals surface area contributed by atoms with E-state index >= 15 is 0 Å². The van der Waals surface area contributed by atoms with Gasteiger partial charge in [0, 0.05) is 0 Å².